The Hall–Kier alpha value is -0.140. The first-order valence-electron chi connectivity index (χ1n) is 3.32. The Kier molecular flexibility index (Phi) is 9.98. The van der Waals surface area contributed by atoms with E-state index in [0.29, 0.717) is 0 Å². The average molecular weight is 201 g/mol. The number of nitrogens with zero attached hydrogens (tertiary/aromatic N) is 1. The van der Waals surface area contributed by atoms with Crippen LogP contribution in [0.4, 0.5) is 0 Å². The van der Waals surface area contributed by atoms with Crippen LogP contribution in [0.25, 0.3) is 0 Å². The predicted octanol–water partition coefficient (Wildman–Crippen LogP) is -4.04. The van der Waals surface area contributed by atoms with E-state index in [1.165, 1.54) is 0 Å². The number of aliphatic carboxylic acids is 1. The van der Waals surface area contributed by atoms with Gasteiger partial charge in [0.15, 0.2) is 0 Å². The van der Waals surface area contributed by atoms with Crippen LogP contribution in [0.15, 0.2) is 0 Å². The van der Waals surface area contributed by atoms with Crippen LogP contribution in [0.5, 0.6) is 0 Å². The molecule has 0 saturated carbocycles. The zero-order valence-corrected chi connectivity index (χ0v) is 9.69. The maximum Gasteiger partial charge on any atom is 1.00 e. The van der Waals surface area contributed by atoms with E-state index >= 15 is 0 Å². The SMILES string of the molecule is CC(=O)ON(CCO)CC(=O)O.[H-].[Na+]. The van der Waals surface area contributed by atoms with E-state index in [0.717, 1.165) is 12.0 Å². The number of aliphatic hydroxyl groups excluding tert-OH is 1. The van der Waals surface area contributed by atoms with E-state index in [9.17, 15) is 9.59 Å². The number of hydroxylamine groups is 2. The van der Waals surface area contributed by atoms with E-state index in [2.05, 4.69) is 4.84 Å². The first kappa shape index (κ1) is 15.3. The first-order valence-corrected chi connectivity index (χ1v) is 3.32. The second kappa shape index (κ2) is 8.46. The molecule has 0 atom stereocenters. The van der Waals surface area contributed by atoms with Crippen molar-refractivity contribution in [3.63, 3.8) is 0 Å². The second-order valence-electron chi connectivity index (χ2n) is 2.06. The number of aliphatic hydroxyl groups is 1. The molecule has 0 rings (SSSR count). The largest absolute Gasteiger partial charge is 1.00 e. The molecule has 0 aliphatic rings. The molecule has 0 radical (unpaired) electrons. The second-order valence-corrected chi connectivity index (χ2v) is 2.06. The number of hydrogen-bond donors (Lipinski definition) is 2. The normalized spacial score (nSPS) is 9.15. The van der Waals surface area contributed by atoms with Gasteiger partial charge in [0, 0.05) is 6.92 Å². The van der Waals surface area contributed by atoms with Crippen LogP contribution >= 0.6 is 0 Å². The van der Waals surface area contributed by atoms with E-state index < -0.39 is 18.5 Å². The number of carbonyl (C=O) groups is 2. The Morgan fingerprint density at radius 1 is 1.54 bits per heavy atom. The van der Waals surface area contributed by atoms with Gasteiger partial charge in [-0.05, 0) is 0 Å². The molecule has 0 aromatic rings. The molecule has 0 bridgehead atoms. The molecule has 0 aliphatic heterocycles. The molecule has 72 valence electrons. The summed E-state index contributed by atoms with van der Waals surface area (Å²) in [5, 5.41) is 17.6. The van der Waals surface area contributed by atoms with Crippen molar-refractivity contribution in [2.45, 2.75) is 6.92 Å². The number of carbonyl (C=O) groups excluding carboxylic acids is 1. The monoisotopic (exact) mass is 201 g/mol. The van der Waals surface area contributed by atoms with Gasteiger partial charge < -0.3 is 16.5 Å². The molecule has 2 N–H and O–H groups in total. The summed E-state index contributed by atoms with van der Waals surface area (Å²) in [4.78, 5) is 25.0. The number of carboxylic acids is 1. The van der Waals surface area contributed by atoms with Crippen molar-refractivity contribution in [2.75, 3.05) is 19.7 Å². The summed E-state index contributed by atoms with van der Waals surface area (Å²) in [6, 6.07) is 0. The zero-order chi connectivity index (χ0) is 9.56. The van der Waals surface area contributed by atoms with Crippen LogP contribution in [0, 0.1) is 0 Å². The van der Waals surface area contributed by atoms with Crippen molar-refractivity contribution >= 4 is 11.9 Å². The van der Waals surface area contributed by atoms with E-state index in [-0.39, 0.29) is 44.1 Å². The maximum atomic E-state index is 10.4. The summed E-state index contributed by atoms with van der Waals surface area (Å²) < 4.78 is 0. The molecule has 0 aliphatic carbocycles. The number of rotatable bonds is 5. The smallest absolute Gasteiger partial charge is 1.00 e. The van der Waals surface area contributed by atoms with Crippen molar-refractivity contribution in [3.05, 3.63) is 0 Å². The van der Waals surface area contributed by atoms with Gasteiger partial charge in [0.1, 0.15) is 6.54 Å². The first-order chi connectivity index (χ1) is 5.56. The molecule has 0 aromatic carbocycles. The number of hydrogen-bond acceptors (Lipinski definition) is 5. The fourth-order valence-corrected chi connectivity index (χ4v) is 0.601. The van der Waals surface area contributed by atoms with Crippen molar-refractivity contribution in [2.24, 2.45) is 0 Å². The molecular weight excluding hydrogens is 189 g/mol. The third kappa shape index (κ3) is 9.78. The minimum absolute atomic E-state index is 0. The quantitative estimate of drug-likeness (QED) is 0.348. The van der Waals surface area contributed by atoms with Gasteiger partial charge in [0.05, 0.1) is 13.2 Å². The molecule has 0 amide bonds. The van der Waals surface area contributed by atoms with E-state index in [1.54, 1.807) is 0 Å². The standard InChI is InChI=1S/C6H11NO5.Na.H/c1-5(9)12-7(2-3-8)4-6(10)11;;/h8H,2-4H2,1H3,(H,10,11);;/q;+1;-1. The topological polar surface area (TPSA) is 87.1 Å². The Morgan fingerprint density at radius 3 is 2.38 bits per heavy atom. The van der Waals surface area contributed by atoms with Crippen molar-refractivity contribution < 1.29 is 55.6 Å². The molecule has 7 heteroatoms. The van der Waals surface area contributed by atoms with Crippen LogP contribution in [-0.2, 0) is 14.4 Å². The summed E-state index contributed by atoms with van der Waals surface area (Å²) in [5.41, 5.74) is 0. The van der Waals surface area contributed by atoms with Gasteiger partial charge >= 0.3 is 41.5 Å². The Labute approximate surface area is 99.2 Å². The number of carboxylic acid groups (broad SMARTS) is 1. The Morgan fingerprint density at radius 2 is 2.08 bits per heavy atom. The van der Waals surface area contributed by atoms with Crippen LogP contribution in [0.3, 0.4) is 0 Å². The molecule has 6 nitrogen and oxygen atoms in total. The third-order valence-corrected chi connectivity index (χ3v) is 0.919. The van der Waals surface area contributed by atoms with Gasteiger partial charge in [0.2, 0.25) is 0 Å². The third-order valence-electron chi connectivity index (χ3n) is 0.919. The van der Waals surface area contributed by atoms with Crippen LogP contribution < -0.4 is 29.6 Å². The summed E-state index contributed by atoms with van der Waals surface area (Å²) in [5.74, 6) is -1.73. The van der Waals surface area contributed by atoms with Crippen LogP contribution in [-0.4, -0.2) is 46.9 Å². The fraction of sp³-hybridized carbons (Fsp3) is 0.667. The van der Waals surface area contributed by atoms with Crippen LogP contribution in [0.2, 0.25) is 0 Å². The van der Waals surface area contributed by atoms with Gasteiger partial charge in [-0.3, -0.25) is 9.59 Å². The Balaban J connectivity index is -0.000000605. The van der Waals surface area contributed by atoms with E-state index in [4.69, 9.17) is 10.2 Å². The molecule has 0 saturated heterocycles. The molecule has 0 aromatic heterocycles. The molecule has 0 unspecified atom stereocenters. The van der Waals surface area contributed by atoms with Gasteiger partial charge in [-0.2, -0.15) is 0 Å². The molecule has 0 fully saturated rings. The van der Waals surface area contributed by atoms with Gasteiger partial charge in [0.25, 0.3) is 0 Å². The summed E-state index contributed by atoms with van der Waals surface area (Å²) in [7, 11) is 0. The summed E-state index contributed by atoms with van der Waals surface area (Å²) in [6.45, 7) is 0.457. The van der Waals surface area contributed by atoms with Crippen LogP contribution in [0.1, 0.15) is 8.35 Å². The van der Waals surface area contributed by atoms with Crippen molar-refractivity contribution in [3.8, 4) is 0 Å². The minimum Gasteiger partial charge on any atom is -1.00 e. The predicted molar refractivity (Wildman–Crippen MR) is 39.2 cm³/mol. The zero-order valence-electron chi connectivity index (χ0n) is 8.69. The molecular formula is C6H12NNaO5. The average Bonchev–Trinajstić information content (AvgIpc) is 1.84. The Bertz CT molecular complexity index is 164. The summed E-state index contributed by atoms with van der Waals surface area (Å²) in [6.07, 6.45) is 0. The van der Waals surface area contributed by atoms with Gasteiger partial charge in [-0.25, -0.2) is 0 Å². The van der Waals surface area contributed by atoms with Crippen molar-refractivity contribution in [1.29, 1.82) is 0 Å². The van der Waals surface area contributed by atoms with Gasteiger partial charge in [-0.1, -0.05) is 0 Å². The molecule has 0 spiro atoms. The van der Waals surface area contributed by atoms with Gasteiger partial charge in [-0.15, -0.1) is 5.06 Å². The fourth-order valence-electron chi connectivity index (χ4n) is 0.601. The minimum atomic E-state index is -1.12. The van der Waals surface area contributed by atoms with Crippen molar-refractivity contribution in [1.82, 2.24) is 5.06 Å². The van der Waals surface area contributed by atoms with E-state index in [1.807, 2.05) is 0 Å². The maximum absolute atomic E-state index is 10.4. The molecule has 0 heterocycles. The summed E-state index contributed by atoms with van der Waals surface area (Å²) >= 11 is 0. The molecule has 13 heavy (non-hydrogen) atoms.